The molecular weight excluding hydrogens is 304 g/mol. The summed E-state index contributed by atoms with van der Waals surface area (Å²) in [4.78, 5) is 27.8. The second-order valence-corrected chi connectivity index (χ2v) is 6.88. The number of carbonyl (C=O) groups excluding carboxylic acids is 2. The Labute approximate surface area is 142 Å². The average molecular weight is 326 g/mol. The summed E-state index contributed by atoms with van der Waals surface area (Å²) in [5.41, 5.74) is 0.936. The lowest BCUT2D eigenvalue weighted by Crippen LogP contribution is -2.55. The van der Waals surface area contributed by atoms with Crippen molar-refractivity contribution in [2.45, 2.75) is 31.8 Å². The smallest absolute Gasteiger partial charge is 0.323 e. The minimum Gasteiger partial charge on any atom is -0.323 e. The van der Waals surface area contributed by atoms with E-state index in [4.69, 9.17) is 5.26 Å². The van der Waals surface area contributed by atoms with Crippen LogP contribution in [-0.4, -0.2) is 47.4 Å². The summed E-state index contributed by atoms with van der Waals surface area (Å²) in [6.45, 7) is 4.30. The molecule has 2 saturated heterocycles. The maximum Gasteiger partial charge on any atom is 0.324 e. The molecule has 0 saturated carbocycles. The van der Waals surface area contributed by atoms with E-state index in [1.165, 1.54) is 11.9 Å². The molecule has 2 fully saturated rings. The number of piperidine rings is 1. The van der Waals surface area contributed by atoms with Gasteiger partial charge in [0.15, 0.2) is 0 Å². The Bertz CT molecular complexity index is 711. The van der Waals surface area contributed by atoms with Crippen LogP contribution in [0.4, 0.5) is 4.79 Å². The normalized spacial score (nSPS) is 27.9. The number of carbonyl (C=O) groups is 2. The third kappa shape index (κ3) is 2.87. The Morgan fingerprint density at radius 2 is 2.21 bits per heavy atom. The second kappa shape index (κ2) is 6.25. The van der Waals surface area contributed by atoms with E-state index in [0.29, 0.717) is 5.56 Å². The largest absolute Gasteiger partial charge is 0.324 e. The van der Waals surface area contributed by atoms with Crippen LogP contribution in [0.3, 0.4) is 0 Å². The Morgan fingerprint density at radius 3 is 2.88 bits per heavy atom. The number of hydrogen-bond donors (Lipinski definition) is 1. The summed E-state index contributed by atoms with van der Waals surface area (Å²) in [6.07, 6.45) is 1.91. The summed E-state index contributed by atoms with van der Waals surface area (Å²) >= 11 is 0. The van der Waals surface area contributed by atoms with Crippen LogP contribution in [0, 0.1) is 17.2 Å². The molecule has 0 unspecified atom stereocenters. The van der Waals surface area contributed by atoms with Gasteiger partial charge in [-0.05, 0) is 44.0 Å². The van der Waals surface area contributed by atoms with E-state index < -0.39 is 5.54 Å². The number of imide groups is 1. The summed E-state index contributed by atoms with van der Waals surface area (Å²) in [7, 11) is 1.52. The van der Waals surface area contributed by atoms with Crippen molar-refractivity contribution in [3.8, 4) is 6.07 Å². The lowest BCUT2D eigenvalue weighted by Gasteiger charge is -2.39. The molecule has 0 aromatic heterocycles. The number of benzene rings is 1. The van der Waals surface area contributed by atoms with E-state index in [0.717, 1.165) is 38.0 Å². The quantitative estimate of drug-likeness (QED) is 0.858. The minimum absolute atomic E-state index is 0.0896. The molecule has 0 aliphatic carbocycles. The fourth-order valence-electron chi connectivity index (χ4n) is 3.74. The van der Waals surface area contributed by atoms with Gasteiger partial charge in [-0.3, -0.25) is 14.6 Å². The molecule has 1 aromatic rings. The van der Waals surface area contributed by atoms with Crippen LogP contribution in [0.15, 0.2) is 24.3 Å². The van der Waals surface area contributed by atoms with E-state index >= 15 is 0 Å². The first-order valence-corrected chi connectivity index (χ1v) is 8.26. The SMILES string of the molecule is CN1C(=O)N[C@@](C)([C@H]2CCCN(Cc3cccc(C#N)c3)C2)C1=O. The average Bonchev–Trinajstić information content (AvgIpc) is 2.79. The van der Waals surface area contributed by atoms with E-state index in [1.54, 1.807) is 6.07 Å². The molecule has 3 amide bonds. The van der Waals surface area contributed by atoms with Crippen molar-refractivity contribution in [1.29, 1.82) is 5.26 Å². The predicted molar refractivity (Wildman–Crippen MR) is 88.9 cm³/mol. The van der Waals surface area contributed by atoms with Gasteiger partial charge >= 0.3 is 6.03 Å². The molecule has 0 bridgehead atoms. The van der Waals surface area contributed by atoms with Gasteiger partial charge in [0.05, 0.1) is 11.6 Å². The highest BCUT2D eigenvalue weighted by Gasteiger charge is 2.51. The molecule has 2 aliphatic heterocycles. The number of nitrogens with zero attached hydrogens (tertiary/aromatic N) is 3. The minimum atomic E-state index is -0.820. The first kappa shape index (κ1) is 16.5. The Balaban J connectivity index is 1.72. The molecule has 24 heavy (non-hydrogen) atoms. The molecule has 3 rings (SSSR count). The van der Waals surface area contributed by atoms with Gasteiger partial charge in [0, 0.05) is 26.1 Å². The van der Waals surface area contributed by atoms with Gasteiger partial charge in [0.25, 0.3) is 5.91 Å². The maximum atomic E-state index is 12.5. The molecule has 0 radical (unpaired) electrons. The van der Waals surface area contributed by atoms with Crippen LogP contribution < -0.4 is 5.32 Å². The van der Waals surface area contributed by atoms with Crippen molar-refractivity contribution in [2.75, 3.05) is 20.1 Å². The zero-order chi connectivity index (χ0) is 17.3. The highest BCUT2D eigenvalue weighted by Crippen LogP contribution is 2.32. The van der Waals surface area contributed by atoms with Crippen molar-refractivity contribution < 1.29 is 9.59 Å². The van der Waals surface area contributed by atoms with Crippen LogP contribution in [0.25, 0.3) is 0 Å². The molecular formula is C18H22N4O2. The Hall–Kier alpha value is -2.39. The van der Waals surface area contributed by atoms with Crippen molar-refractivity contribution in [2.24, 2.45) is 5.92 Å². The molecule has 2 atom stereocenters. The number of urea groups is 1. The van der Waals surface area contributed by atoms with Crippen molar-refractivity contribution in [1.82, 2.24) is 15.1 Å². The van der Waals surface area contributed by atoms with Crippen LogP contribution in [-0.2, 0) is 11.3 Å². The number of rotatable bonds is 3. The molecule has 2 heterocycles. The first-order valence-electron chi connectivity index (χ1n) is 8.26. The third-order valence-electron chi connectivity index (χ3n) is 5.20. The number of nitrogens with one attached hydrogen (secondary N) is 1. The monoisotopic (exact) mass is 326 g/mol. The molecule has 6 nitrogen and oxygen atoms in total. The fraction of sp³-hybridized carbons (Fsp3) is 0.500. The maximum absolute atomic E-state index is 12.5. The van der Waals surface area contributed by atoms with Gasteiger partial charge in [0.2, 0.25) is 0 Å². The van der Waals surface area contributed by atoms with Crippen molar-refractivity contribution >= 4 is 11.9 Å². The van der Waals surface area contributed by atoms with Gasteiger partial charge < -0.3 is 5.32 Å². The zero-order valence-electron chi connectivity index (χ0n) is 14.1. The van der Waals surface area contributed by atoms with Crippen LogP contribution in [0.2, 0.25) is 0 Å². The lowest BCUT2D eigenvalue weighted by molar-refractivity contribution is -0.132. The second-order valence-electron chi connectivity index (χ2n) is 6.88. The summed E-state index contributed by atoms with van der Waals surface area (Å²) < 4.78 is 0. The fourth-order valence-corrected chi connectivity index (χ4v) is 3.74. The van der Waals surface area contributed by atoms with Crippen molar-refractivity contribution in [3.05, 3.63) is 35.4 Å². The van der Waals surface area contributed by atoms with Gasteiger partial charge in [-0.2, -0.15) is 5.26 Å². The van der Waals surface area contributed by atoms with Crippen LogP contribution in [0.5, 0.6) is 0 Å². The topological polar surface area (TPSA) is 76.4 Å². The van der Waals surface area contributed by atoms with Crippen LogP contribution >= 0.6 is 0 Å². The van der Waals surface area contributed by atoms with Gasteiger partial charge in [-0.25, -0.2) is 4.79 Å². The molecule has 126 valence electrons. The third-order valence-corrected chi connectivity index (χ3v) is 5.20. The number of nitriles is 1. The van der Waals surface area contributed by atoms with E-state index in [1.807, 2.05) is 25.1 Å². The summed E-state index contributed by atoms with van der Waals surface area (Å²) in [6, 6.07) is 9.46. The zero-order valence-corrected chi connectivity index (χ0v) is 14.1. The lowest BCUT2D eigenvalue weighted by atomic mass is 9.80. The highest BCUT2D eigenvalue weighted by atomic mass is 16.2. The predicted octanol–water partition coefficient (Wildman–Crippen LogP) is 1.71. The van der Waals surface area contributed by atoms with Gasteiger partial charge in [-0.15, -0.1) is 0 Å². The summed E-state index contributed by atoms with van der Waals surface area (Å²) in [5, 5.41) is 11.9. The summed E-state index contributed by atoms with van der Waals surface area (Å²) in [5.74, 6) is -0.0578. The number of amides is 3. The molecule has 1 N–H and O–H groups in total. The number of likely N-dealkylation sites (tertiary alicyclic amines) is 1. The molecule has 0 spiro atoms. The van der Waals surface area contributed by atoms with E-state index in [9.17, 15) is 9.59 Å². The number of likely N-dealkylation sites (N-methyl/N-ethyl adjacent to an activating group) is 1. The van der Waals surface area contributed by atoms with E-state index in [2.05, 4.69) is 16.3 Å². The van der Waals surface area contributed by atoms with Crippen molar-refractivity contribution in [3.63, 3.8) is 0 Å². The van der Waals surface area contributed by atoms with Gasteiger partial charge in [-0.1, -0.05) is 12.1 Å². The van der Waals surface area contributed by atoms with Gasteiger partial charge in [0.1, 0.15) is 5.54 Å². The molecule has 1 aromatic carbocycles. The van der Waals surface area contributed by atoms with E-state index in [-0.39, 0.29) is 17.9 Å². The molecule has 6 heteroatoms. The Morgan fingerprint density at radius 1 is 1.42 bits per heavy atom. The highest BCUT2D eigenvalue weighted by molar-refractivity contribution is 6.06. The number of hydrogen-bond acceptors (Lipinski definition) is 4. The molecule has 2 aliphatic rings. The Kier molecular flexibility index (Phi) is 4.29. The van der Waals surface area contributed by atoms with Crippen LogP contribution in [0.1, 0.15) is 30.9 Å². The first-order chi connectivity index (χ1) is 11.4. The standard InChI is InChI=1S/C18H22N4O2/c1-18(16(23)21(2)17(24)20-18)15-7-4-8-22(12-15)11-14-6-3-5-13(9-14)10-19/h3,5-6,9,15H,4,7-8,11-12H2,1-2H3,(H,20,24)/t15-,18-/m0/s1.